The molecule has 19 nitrogen and oxygen atoms in total. The molecule has 3 heterocycles. The number of hydrogen-bond donors (Lipinski definition) is 2. The van der Waals surface area contributed by atoms with Gasteiger partial charge in [-0.05, 0) is 98.0 Å². The van der Waals surface area contributed by atoms with Crippen LogP contribution in [0.2, 0.25) is 0 Å². The van der Waals surface area contributed by atoms with Gasteiger partial charge < -0.3 is 29.5 Å². The summed E-state index contributed by atoms with van der Waals surface area (Å²) in [4.78, 5) is 118. The van der Waals surface area contributed by atoms with E-state index in [2.05, 4.69) is 15.2 Å². The molecule has 1 fully saturated rings. The molecule has 2 amide bonds. The number of carbonyl (C=O) groups excluding carboxylic acids is 7. The van der Waals surface area contributed by atoms with Crippen LogP contribution < -0.4 is 5.32 Å². The number of amides is 2. The van der Waals surface area contributed by atoms with Gasteiger partial charge in [0, 0.05) is 73.9 Å². The first kappa shape index (κ1) is 62.1. The Morgan fingerprint density at radius 2 is 1.73 bits per heavy atom. The number of Topliss-reactive ketones (excluding diaryl/α,β-unsaturated/α-hetero) is 2. The average molecular weight is 1100 g/mol. The Labute approximate surface area is 451 Å². The Morgan fingerprint density at radius 3 is 2.39 bits per heavy atom. The van der Waals surface area contributed by atoms with Gasteiger partial charge in [0.15, 0.2) is 29.4 Å². The number of ether oxygens (including phenoxy) is 3. The number of likely N-dealkylation sites (N-methyl/N-ethyl adjacent to an activating group) is 1. The van der Waals surface area contributed by atoms with E-state index in [4.69, 9.17) is 19.2 Å². The normalized spacial score (nSPS) is 16.1. The largest absolute Gasteiger partial charge is 0.508 e. The van der Waals surface area contributed by atoms with Gasteiger partial charge in [-0.15, -0.1) is 11.3 Å². The van der Waals surface area contributed by atoms with Crippen LogP contribution >= 0.6 is 32.9 Å². The van der Waals surface area contributed by atoms with Gasteiger partial charge in [0.25, 0.3) is 0 Å². The van der Waals surface area contributed by atoms with Crippen molar-refractivity contribution in [2.75, 3.05) is 39.2 Å². The number of nitrogens with zero attached hydrogens (tertiary/aromatic N) is 5. The molecule has 0 bridgehead atoms. The van der Waals surface area contributed by atoms with E-state index in [0.717, 1.165) is 53.5 Å². The maximum Gasteiger partial charge on any atom is 0.325 e. The number of phenolic OH excluding ortho intramolecular Hbond substituents is 1. The highest BCUT2D eigenvalue weighted by atomic mass is 33.1. The van der Waals surface area contributed by atoms with E-state index >= 15 is 0 Å². The maximum atomic E-state index is 15.0. The fourth-order valence-corrected chi connectivity index (χ4v) is 11.7. The average Bonchev–Trinajstić information content (AvgIpc) is 3.88. The molecule has 1 aromatic carbocycles. The fraction of sp³-hybridized carbons (Fsp3) is 0.604. The van der Waals surface area contributed by atoms with Gasteiger partial charge in [0.2, 0.25) is 11.8 Å². The van der Waals surface area contributed by atoms with Crippen LogP contribution in [0.1, 0.15) is 140 Å². The molecule has 4 rings (SSSR count). The summed E-state index contributed by atoms with van der Waals surface area (Å²) < 4.78 is 16.9. The lowest BCUT2D eigenvalue weighted by molar-refractivity contribution is -0.388. The number of benzene rings is 1. The van der Waals surface area contributed by atoms with Crippen molar-refractivity contribution in [2.45, 2.75) is 142 Å². The quantitative estimate of drug-likeness (QED) is 0.00864. The predicted molar refractivity (Wildman–Crippen MR) is 287 cm³/mol. The number of nitro groups is 1. The second-order valence-electron chi connectivity index (χ2n) is 19.5. The van der Waals surface area contributed by atoms with Crippen LogP contribution in [0.5, 0.6) is 5.75 Å². The van der Waals surface area contributed by atoms with Crippen LogP contribution in [-0.2, 0) is 49.4 Å². The molecule has 412 valence electrons. The fourth-order valence-electron chi connectivity index (χ4n) is 8.98. The number of piperidine rings is 1. The standard InChI is InChI=1S/C53H74N6O13S3/c1-9-14-48(64)71-32-58(53(67)40(34(5)10-2)28-46(63)42-15-11-12-22-57(42)8)44(33(3)4)29-47(72-36(7)60)52-56-41(31-73-52)45(62)27-38(26-37-17-19-39(61)20-18-37)25-35(6)50(66)55-30-49(65)70-23-24-74-75-51-43(59(68)69)16-13-21-54-51/h13,16-21,31,33-35,38,40,42,44,47,61H,9-12,14-15,22-30,32H2,1-8H3,(H,55,66)/t34-,35-,38+,40+,42?,44+,47+/m0/s1. The van der Waals surface area contributed by atoms with Crippen molar-refractivity contribution in [1.82, 2.24) is 25.1 Å². The molecule has 75 heavy (non-hydrogen) atoms. The smallest absolute Gasteiger partial charge is 0.325 e. The molecule has 1 aliphatic heterocycles. The lowest BCUT2D eigenvalue weighted by Gasteiger charge is -2.39. The number of phenols is 1. The Hall–Kier alpha value is -5.45. The first-order valence-corrected chi connectivity index (χ1v) is 28.9. The second-order valence-corrected chi connectivity index (χ2v) is 22.8. The molecule has 1 unspecified atom stereocenters. The summed E-state index contributed by atoms with van der Waals surface area (Å²) in [7, 11) is 4.25. The van der Waals surface area contributed by atoms with Gasteiger partial charge in [-0.3, -0.25) is 48.6 Å². The molecule has 22 heteroatoms. The summed E-state index contributed by atoms with van der Waals surface area (Å²) in [6.07, 6.45) is 5.02. The molecule has 0 radical (unpaired) electrons. The van der Waals surface area contributed by atoms with Gasteiger partial charge >= 0.3 is 23.6 Å². The molecule has 2 aromatic heterocycles. The minimum atomic E-state index is -1.01. The molecular weight excluding hydrogens is 1020 g/mol. The third kappa shape index (κ3) is 20.2. The summed E-state index contributed by atoms with van der Waals surface area (Å²) in [5.41, 5.74) is 0.795. The van der Waals surface area contributed by atoms with Crippen molar-refractivity contribution in [3.63, 3.8) is 0 Å². The van der Waals surface area contributed by atoms with E-state index in [1.165, 1.54) is 53.1 Å². The van der Waals surface area contributed by atoms with Crippen molar-refractivity contribution in [3.8, 4) is 5.75 Å². The predicted octanol–water partition coefficient (Wildman–Crippen LogP) is 8.96. The van der Waals surface area contributed by atoms with E-state index in [0.29, 0.717) is 30.0 Å². The number of likely N-dealkylation sites (tertiary alicyclic amines) is 1. The van der Waals surface area contributed by atoms with Crippen LogP contribution in [0.15, 0.2) is 53.0 Å². The zero-order valence-electron chi connectivity index (χ0n) is 44.4. The van der Waals surface area contributed by atoms with Crippen molar-refractivity contribution < 1.29 is 57.8 Å². The summed E-state index contributed by atoms with van der Waals surface area (Å²) in [6, 6.07) is 8.39. The van der Waals surface area contributed by atoms with E-state index < -0.39 is 65.2 Å². The zero-order valence-corrected chi connectivity index (χ0v) is 46.8. The highest BCUT2D eigenvalue weighted by Crippen LogP contribution is 2.36. The Balaban J connectivity index is 1.49. The number of aromatic hydroxyl groups is 1. The first-order chi connectivity index (χ1) is 35.7. The number of hydrogen-bond acceptors (Lipinski definition) is 19. The summed E-state index contributed by atoms with van der Waals surface area (Å²) in [5.74, 6) is -4.71. The SMILES string of the molecule is CCCC(=O)OCN(C(=O)[C@H](CC(=O)C1CCCCN1C)[C@@H](C)CC)[C@H](C[C@@H](OC(C)=O)c1nc(C(=O)C[C@@H](Cc2ccc(O)cc2)C[C@H](C)C(=O)NCC(=O)OCCSSc2ncccc2[N+](=O)[O-])cs1)C(C)C. The minimum absolute atomic E-state index is 0.00221. The lowest BCUT2D eigenvalue weighted by atomic mass is 9.82. The highest BCUT2D eigenvalue weighted by molar-refractivity contribution is 8.76. The van der Waals surface area contributed by atoms with E-state index in [9.17, 15) is 48.8 Å². The van der Waals surface area contributed by atoms with Crippen LogP contribution in [0.25, 0.3) is 0 Å². The Morgan fingerprint density at radius 1 is 1.00 bits per heavy atom. The van der Waals surface area contributed by atoms with Crippen molar-refractivity contribution in [3.05, 3.63) is 74.4 Å². The number of pyridine rings is 1. The summed E-state index contributed by atoms with van der Waals surface area (Å²) in [5, 5.41) is 25.9. The number of esters is 3. The highest BCUT2D eigenvalue weighted by Gasteiger charge is 2.40. The van der Waals surface area contributed by atoms with Crippen molar-refractivity contribution >= 4 is 79.9 Å². The molecule has 3 aromatic rings. The third-order valence-electron chi connectivity index (χ3n) is 13.3. The van der Waals surface area contributed by atoms with E-state index in [1.54, 1.807) is 24.4 Å². The minimum Gasteiger partial charge on any atom is -0.508 e. The third-order valence-corrected chi connectivity index (χ3v) is 16.5. The number of rotatable bonds is 32. The second kappa shape index (κ2) is 31.6. The van der Waals surface area contributed by atoms with E-state index in [-0.39, 0.29) is 103 Å². The lowest BCUT2D eigenvalue weighted by Crippen LogP contribution is -2.50. The van der Waals surface area contributed by atoms with E-state index in [1.807, 2.05) is 41.7 Å². The van der Waals surface area contributed by atoms with Gasteiger partial charge in [-0.25, -0.2) is 9.97 Å². The molecule has 2 N–H and O–H groups in total. The number of thiazole rings is 1. The Bertz CT molecular complexity index is 2390. The van der Waals surface area contributed by atoms with Gasteiger partial charge in [-0.2, -0.15) is 0 Å². The van der Waals surface area contributed by atoms with Crippen LogP contribution in [-0.4, -0.2) is 122 Å². The van der Waals surface area contributed by atoms with Gasteiger partial charge in [-0.1, -0.05) is 77.3 Å². The molecule has 1 aliphatic rings. The maximum absolute atomic E-state index is 15.0. The van der Waals surface area contributed by atoms with Crippen molar-refractivity contribution in [1.29, 1.82) is 0 Å². The number of aromatic nitrogens is 2. The number of ketones is 2. The molecule has 0 saturated carbocycles. The number of carbonyl (C=O) groups is 7. The Kier molecular flexibility index (Phi) is 26.1. The van der Waals surface area contributed by atoms with Gasteiger partial charge in [0.1, 0.15) is 29.6 Å². The topological polar surface area (TPSA) is 255 Å². The summed E-state index contributed by atoms with van der Waals surface area (Å²) in [6.45, 7) is 12.6. The van der Waals surface area contributed by atoms with Gasteiger partial charge in [0.05, 0.1) is 11.0 Å². The molecule has 1 saturated heterocycles. The molecule has 0 aliphatic carbocycles. The van der Waals surface area contributed by atoms with Crippen LogP contribution in [0.4, 0.5) is 5.69 Å². The van der Waals surface area contributed by atoms with Crippen molar-refractivity contribution in [2.24, 2.45) is 29.6 Å². The monoisotopic (exact) mass is 1100 g/mol. The summed E-state index contributed by atoms with van der Waals surface area (Å²) >= 11 is 1.12. The first-order valence-electron chi connectivity index (χ1n) is 25.7. The zero-order chi connectivity index (χ0) is 55.2. The van der Waals surface area contributed by atoms with Crippen LogP contribution in [0.3, 0.4) is 0 Å². The molecule has 7 atom stereocenters. The number of nitrogens with one attached hydrogen (secondary N) is 1. The molecular formula is C53H74N6O13S3. The van der Waals surface area contributed by atoms with Crippen LogP contribution in [0, 0.1) is 39.7 Å². The molecule has 0 spiro atoms.